The first-order valence-corrected chi connectivity index (χ1v) is 9.85. The summed E-state index contributed by atoms with van der Waals surface area (Å²) in [4.78, 5) is 20.4. The molecule has 4 rings (SSSR count). The first-order chi connectivity index (χ1) is 13.8. The molecule has 1 atom stereocenters. The molecule has 1 aliphatic rings. The molecule has 1 aliphatic heterocycles. The van der Waals surface area contributed by atoms with E-state index in [1.165, 1.54) is 0 Å². The maximum Gasteiger partial charge on any atom is 0.255 e. The second kappa shape index (κ2) is 8.89. The molecule has 0 unspecified atom stereocenters. The molecule has 1 amide bonds. The van der Waals surface area contributed by atoms with Gasteiger partial charge >= 0.3 is 0 Å². The highest BCUT2D eigenvalue weighted by atomic mass is 16.5. The minimum Gasteiger partial charge on any atom is -0.490 e. The van der Waals surface area contributed by atoms with Crippen molar-refractivity contribution >= 4 is 16.9 Å². The smallest absolute Gasteiger partial charge is 0.255 e. The van der Waals surface area contributed by atoms with Gasteiger partial charge in [0.2, 0.25) is 0 Å². The Bertz CT molecular complexity index is 898. The Morgan fingerprint density at radius 1 is 1.21 bits per heavy atom. The van der Waals surface area contributed by atoms with Gasteiger partial charge in [-0.2, -0.15) is 0 Å². The standard InChI is InChI=1S/C22H25N3O3/c26-22(17-8-1-4-11-20(17)28-15-16-7-6-14-27-16)23-13-5-12-21-24-18-9-2-3-10-19(18)25-21/h1-4,8-11,16H,5-7,12-15H2,(H,23,26)(H,24,25)/t16-/m1/s1. The average molecular weight is 379 g/mol. The minimum absolute atomic E-state index is 0.118. The summed E-state index contributed by atoms with van der Waals surface area (Å²) in [6.07, 6.45) is 3.80. The third-order valence-corrected chi connectivity index (χ3v) is 4.89. The quantitative estimate of drug-likeness (QED) is 0.588. The zero-order chi connectivity index (χ0) is 19.2. The second-order valence-corrected chi connectivity index (χ2v) is 7.00. The van der Waals surface area contributed by atoms with Crippen LogP contribution in [0.3, 0.4) is 0 Å². The largest absolute Gasteiger partial charge is 0.490 e. The molecule has 1 saturated heterocycles. The Balaban J connectivity index is 1.27. The van der Waals surface area contributed by atoms with E-state index in [2.05, 4.69) is 15.3 Å². The minimum atomic E-state index is -0.118. The number of aromatic amines is 1. The number of fused-ring (bicyclic) bond motifs is 1. The zero-order valence-corrected chi connectivity index (χ0v) is 15.8. The van der Waals surface area contributed by atoms with Gasteiger partial charge < -0.3 is 19.8 Å². The van der Waals surface area contributed by atoms with E-state index in [0.717, 1.165) is 49.1 Å². The molecule has 0 saturated carbocycles. The van der Waals surface area contributed by atoms with Crippen LogP contribution in [0, 0.1) is 0 Å². The molecule has 0 radical (unpaired) electrons. The fourth-order valence-electron chi connectivity index (χ4n) is 3.42. The summed E-state index contributed by atoms with van der Waals surface area (Å²) in [5.74, 6) is 1.43. The summed E-state index contributed by atoms with van der Waals surface area (Å²) < 4.78 is 11.4. The van der Waals surface area contributed by atoms with Crippen LogP contribution >= 0.6 is 0 Å². The molecule has 146 valence electrons. The van der Waals surface area contributed by atoms with Crippen molar-refractivity contribution < 1.29 is 14.3 Å². The molecule has 0 aliphatic carbocycles. The summed E-state index contributed by atoms with van der Waals surface area (Å²) in [6, 6.07) is 15.3. The number of para-hydroxylation sites is 3. The lowest BCUT2D eigenvalue weighted by molar-refractivity contribution is 0.0670. The van der Waals surface area contributed by atoms with E-state index in [1.54, 1.807) is 6.07 Å². The molecule has 1 fully saturated rings. The van der Waals surface area contributed by atoms with Crippen LogP contribution in [-0.2, 0) is 11.2 Å². The van der Waals surface area contributed by atoms with E-state index < -0.39 is 0 Å². The first kappa shape index (κ1) is 18.5. The molecule has 6 nitrogen and oxygen atoms in total. The number of aryl methyl sites for hydroxylation is 1. The number of ether oxygens (including phenoxy) is 2. The van der Waals surface area contributed by atoms with Gasteiger partial charge in [0.25, 0.3) is 5.91 Å². The van der Waals surface area contributed by atoms with Gasteiger partial charge in [-0.05, 0) is 43.5 Å². The van der Waals surface area contributed by atoms with Crippen molar-refractivity contribution in [2.45, 2.75) is 31.8 Å². The highest BCUT2D eigenvalue weighted by Crippen LogP contribution is 2.20. The molecule has 3 aromatic rings. The van der Waals surface area contributed by atoms with Crippen LogP contribution in [0.25, 0.3) is 11.0 Å². The Morgan fingerprint density at radius 2 is 2.07 bits per heavy atom. The lowest BCUT2D eigenvalue weighted by Gasteiger charge is -2.14. The molecular formula is C22H25N3O3. The number of rotatable bonds is 8. The van der Waals surface area contributed by atoms with Gasteiger partial charge in [-0.15, -0.1) is 0 Å². The summed E-state index contributed by atoms with van der Waals surface area (Å²) in [5.41, 5.74) is 2.57. The van der Waals surface area contributed by atoms with Gasteiger partial charge in [-0.3, -0.25) is 4.79 Å². The van der Waals surface area contributed by atoms with E-state index in [9.17, 15) is 4.79 Å². The summed E-state index contributed by atoms with van der Waals surface area (Å²) in [7, 11) is 0. The SMILES string of the molecule is O=C(NCCCc1nc2ccccc2[nH]1)c1ccccc1OC[C@H]1CCCO1. The van der Waals surface area contributed by atoms with Crippen molar-refractivity contribution in [1.82, 2.24) is 15.3 Å². The van der Waals surface area contributed by atoms with Crippen molar-refractivity contribution in [1.29, 1.82) is 0 Å². The van der Waals surface area contributed by atoms with Crippen LogP contribution in [-0.4, -0.2) is 41.7 Å². The van der Waals surface area contributed by atoms with Gasteiger partial charge in [0, 0.05) is 19.6 Å². The predicted molar refractivity (Wildman–Crippen MR) is 108 cm³/mol. The van der Waals surface area contributed by atoms with Crippen molar-refractivity contribution in [2.75, 3.05) is 19.8 Å². The van der Waals surface area contributed by atoms with Crippen molar-refractivity contribution in [3.63, 3.8) is 0 Å². The van der Waals surface area contributed by atoms with E-state index in [1.807, 2.05) is 42.5 Å². The number of hydrogen-bond donors (Lipinski definition) is 2. The fraction of sp³-hybridized carbons (Fsp3) is 0.364. The molecule has 2 N–H and O–H groups in total. The number of nitrogens with one attached hydrogen (secondary N) is 2. The maximum atomic E-state index is 12.6. The molecule has 2 aromatic carbocycles. The monoisotopic (exact) mass is 379 g/mol. The summed E-state index contributed by atoms with van der Waals surface area (Å²) in [6.45, 7) is 1.85. The van der Waals surface area contributed by atoms with Crippen LogP contribution in [0.5, 0.6) is 5.75 Å². The van der Waals surface area contributed by atoms with E-state index in [0.29, 0.717) is 24.5 Å². The Kier molecular flexibility index (Phi) is 5.87. The maximum absolute atomic E-state index is 12.6. The van der Waals surface area contributed by atoms with Gasteiger partial charge in [-0.1, -0.05) is 24.3 Å². The Labute approximate surface area is 164 Å². The number of carbonyl (C=O) groups excluding carboxylic acids is 1. The third-order valence-electron chi connectivity index (χ3n) is 4.89. The first-order valence-electron chi connectivity index (χ1n) is 9.85. The number of amides is 1. The number of H-pyrrole nitrogens is 1. The highest BCUT2D eigenvalue weighted by molar-refractivity contribution is 5.96. The van der Waals surface area contributed by atoms with E-state index >= 15 is 0 Å². The second-order valence-electron chi connectivity index (χ2n) is 7.00. The summed E-state index contributed by atoms with van der Waals surface area (Å²) in [5, 5.41) is 2.98. The zero-order valence-electron chi connectivity index (χ0n) is 15.8. The summed E-state index contributed by atoms with van der Waals surface area (Å²) >= 11 is 0. The van der Waals surface area contributed by atoms with Crippen LogP contribution in [0.4, 0.5) is 0 Å². The van der Waals surface area contributed by atoms with Crippen molar-refractivity contribution in [3.8, 4) is 5.75 Å². The van der Waals surface area contributed by atoms with Gasteiger partial charge in [0.15, 0.2) is 0 Å². The molecule has 1 aromatic heterocycles. The van der Waals surface area contributed by atoms with Gasteiger partial charge in [0.1, 0.15) is 18.2 Å². The Hall–Kier alpha value is -2.86. The van der Waals surface area contributed by atoms with Crippen molar-refractivity contribution in [3.05, 3.63) is 59.9 Å². The molecule has 28 heavy (non-hydrogen) atoms. The number of hydrogen-bond acceptors (Lipinski definition) is 4. The van der Waals surface area contributed by atoms with E-state index in [4.69, 9.17) is 9.47 Å². The molecule has 0 bridgehead atoms. The third kappa shape index (κ3) is 4.51. The lowest BCUT2D eigenvalue weighted by atomic mass is 10.2. The molecular weight excluding hydrogens is 354 g/mol. The van der Waals surface area contributed by atoms with E-state index in [-0.39, 0.29) is 12.0 Å². The topological polar surface area (TPSA) is 76.2 Å². The number of nitrogens with zero attached hydrogens (tertiary/aromatic N) is 1. The average Bonchev–Trinajstić information content (AvgIpc) is 3.39. The predicted octanol–water partition coefficient (Wildman–Crippen LogP) is 3.48. The lowest BCUT2D eigenvalue weighted by Crippen LogP contribution is -2.26. The number of benzene rings is 2. The van der Waals surface area contributed by atoms with Crippen LogP contribution < -0.4 is 10.1 Å². The van der Waals surface area contributed by atoms with Crippen LogP contribution in [0.1, 0.15) is 35.4 Å². The van der Waals surface area contributed by atoms with Crippen LogP contribution in [0.15, 0.2) is 48.5 Å². The van der Waals surface area contributed by atoms with Gasteiger partial charge in [0.05, 0.1) is 22.7 Å². The number of carbonyl (C=O) groups is 1. The highest BCUT2D eigenvalue weighted by Gasteiger charge is 2.18. The number of imidazole rings is 1. The van der Waals surface area contributed by atoms with Gasteiger partial charge in [-0.25, -0.2) is 4.98 Å². The fourth-order valence-corrected chi connectivity index (χ4v) is 3.42. The number of aromatic nitrogens is 2. The van der Waals surface area contributed by atoms with Crippen molar-refractivity contribution in [2.24, 2.45) is 0 Å². The van der Waals surface area contributed by atoms with Crippen LogP contribution in [0.2, 0.25) is 0 Å². The molecule has 6 heteroatoms. The Morgan fingerprint density at radius 3 is 2.93 bits per heavy atom. The normalized spacial score (nSPS) is 16.4. The molecule has 0 spiro atoms. The molecule has 2 heterocycles.